The molecule has 0 aliphatic heterocycles. The van der Waals surface area contributed by atoms with Gasteiger partial charge in [-0.2, -0.15) is 0 Å². The van der Waals surface area contributed by atoms with Crippen molar-refractivity contribution in [3.8, 4) is 0 Å². The monoisotopic (exact) mass is 305 g/mol. The number of hydrogen-bond acceptors (Lipinski definition) is 3. The third-order valence-corrected chi connectivity index (χ3v) is 3.04. The maximum Gasteiger partial charge on any atom is 0.258 e. The van der Waals surface area contributed by atoms with E-state index in [1.165, 1.54) is 0 Å². The molecular weight excluding hydrogens is 294 g/mol. The lowest BCUT2D eigenvalue weighted by Crippen LogP contribution is -2.34. The number of anilines is 1. The average Bonchev–Trinajstić information content (AvgIpc) is 2.38. The zero-order valence-electron chi connectivity index (χ0n) is 10.7. The Hall–Kier alpha value is -1.98. The van der Waals surface area contributed by atoms with Gasteiger partial charge in [-0.25, -0.2) is 4.98 Å². The van der Waals surface area contributed by atoms with Gasteiger partial charge in [0.05, 0.1) is 10.6 Å². The highest BCUT2D eigenvalue weighted by molar-refractivity contribution is 7.80. The number of thiocarbonyl (C=S) groups is 1. The first-order valence-corrected chi connectivity index (χ1v) is 6.64. The van der Waals surface area contributed by atoms with E-state index >= 15 is 0 Å². The molecule has 0 unspecified atom stereocenters. The molecule has 0 bridgehead atoms. The van der Waals surface area contributed by atoms with Crippen LogP contribution in [0.5, 0.6) is 0 Å². The van der Waals surface area contributed by atoms with E-state index in [4.69, 9.17) is 23.8 Å². The van der Waals surface area contributed by atoms with Crippen LogP contribution in [0, 0.1) is 6.92 Å². The van der Waals surface area contributed by atoms with Crippen LogP contribution in [0.1, 0.15) is 15.9 Å². The molecule has 2 N–H and O–H groups in total. The fourth-order valence-corrected chi connectivity index (χ4v) is 1.99. The number of carbonyl (C=O) groups is 1. The quantitative estimate of drug-likeness (QED) is 0.837. The van der Waals surface area contributed by atoms with Crippen LogP contribution in [0.2, 0.25) is 5.02 Å². The van der Waals surface area contributed by atoms with Crippen LogP contribution in [-0.4, -0.2) is 16.0 Å². The van der Waals surface area contributed by atoms with E-state index in [0.29, 0.717) is 16.4 Å². The standard InChI is InChI=1S/C14H12ClN3OS/c1-9-6-7-16-12(8-9)17-14(20)18-13(19)10-4-2-3-5-11(10)15/h2-8H,1H3,(H2,16,17,18,19,20). The van der Waals surface area contributed by atoms with E-state index < -0.39 is 0 Å². The largest absolute Gasteiger partial charge is 0.317 e. The number of nitrogens with one attached hydrogen (secondary N) is 2. The topological polar surface area (TPSA) is 54.0 Å². The molecule has 102 valence electrons. The minimum atomic E-state index is -0.360. The molecule has 1 amide bonds. The first-order chi connectivity index (χ1) is 9.56. The lowest BCUT2D eigenvalue weighted by molar-refractivity contribution is 0.0978. The number of nitrogens with zero attached hydrogens (tertiary/aromatic N) is 1. The van der Waals surface area contributed by atoms with Crippen molar-refractivity contribution in [2.45, 2.75) is 6.92 Å². The van der Waals surface area contributed by atoms with Crippen LogP contribution in [0.25, 0.3) is 0 Å². The van der Waals surface area contributed by atoms with Crippen molar-refractivity contribution in [2.75, 3.05) is 5.32 Å². The Morgan fingerprint density at radius 1 is 1.30 bits per heavy atom. The molecule has 0 radical (unpaired) electrons. The molecule has 1 heterocycles. The van der Waals surface area contributed by atoms with Crippen LogP contribution < -0.4 is 10.6 Å². The highest BCUT2D eigenvalue weighted by Gasteiger charge is 2.11. The number of rotatable bonds is 2. The van der Waals surface area contributed by atoms with E-state index in [0.717, 1.165) is 5.56 Å². The Kier molecular flexibility index (Phi) is 4.65. The molecule has 20 heavy (non-hydrogen) atoms. The highest BCUT2D eigenvalue weighted by atomic mass is 35.5. The Morgan fingerprint density at radius 2 is 2.05 bits per heavy atom. The van der Waals surface area contributed by atoms with Gasteiger partial charge in [0.15, 0.2) is 5.11 Å². The molecule has 0 saturated carbocycles. The number of aromatic nitrogens is 1. The summed E-state index contributed by atoms with van der Waals surface area (Å²) < 4.78 is 0. The smallest absolute Gasteiger partial charge is 0.258 e. The Bertz CT molecular complexity index is 660. The summed E-state index contributed by atoms with van der Waals surface area (Å²) in [7, 11) is 0. The minimum absolute atomic E-state index is 0.174. The van der Waals surface area contributed by atoms with Gasteiger partial charge in [-0.15, -0.1) is 0 Å². The van der Waals surface area contributed by atoms with E-state index in [2.05, 4.69) is 15.6 Å². The van der Waals surface area contributed by atoms with E-state index in [1.807, 2.05) is 19.1 Å². The van der Waals surface area contributed by atoms with Gasteiger partial charge in [-0.3, -0.25) is 10.1 Å². The molecule has 0 saturated heterocycles. The van der Waals surface area contributed by atoms with E-state index in [1.54, 1.807) is 30.5 Å². The molecule has 0 fully saturated rings. The zero-order chi connectivity index (χ0) is 14.5. The fourth-order valence-electron chi connectivity index (χ4n) is 1.57. The maximum atomic E-state index is 12.0. The Labute approximate surface area is 127 Å². The second-order valence-corrected chi connectivity index (χ2v) is 4.92. The number of hydrogen-bond donors (Lipinski definition) is 2. The molecule has 1 aromatic carbocycles. The summed E-state index contributed by atoms with van der Waals surface area (Å²) >= 11 is 11.0. The van der Waals surface area contributed by atoms with Gasteiger partial charge in [0.2, 0.25) is 0 Å². The molecule has 1 aromatic heterocycles. The summed E-state index contributed by atoms with van der Waals surface area (Å²) in [6.45, 7) is 1.94. The summed E-state index contributed by atoms with van der Waals surface area (Å²) in [4.78, 5) is 16.1. The lowest BCUT2D eigenvalue weighted by atomic mass is 10.2. The van der Waals surface area contributed by atoms with Crippen molar-refractivity contribution >= 4 is 40.7 Å². The van der Waals surface area contributed by atoms with Gasteiger partial charge in [-0.05, 0) is 49.0 Å². The first kappa shape index (κ1) is 14.4. The van der Waals surface area contributed by atoms with Crippen LogP contribution >= 0.6 is 23.8 Å². The number of aryl methyl sites for hydroxylation is 1. The third kappa shape index (κ3) is 3.76. The number of halogens is 1. The number of pyridine rings is 1. The SMILES string of the molecule is Cc1ccnc(NC(=S)NC(=O)c2ccccc2Cl)c1. The number of carbonyl (C=O) groups excluding carboxylic acids is 1. The van der Waals surface area contributed by atoms with E-state index in [9.17, 15) is 4.79 Å². The van der Waals surface area contributed by atoms with Crippen molar-refractivity contribution < 1.29 is 4.79 Å². The zero-order valence-corrected chi connectivity index (χ0v) is 12.3. The Balaban J connectivity index is 2.02. The van der Waals surface area contributed by atoms with Gasteiger partial charge in [0.1, 0.15) is 5.82 Å². The molecular formula is C14H12ClN3OS. The van der Waals surface area contributed by atoms with Crippen molar-refractivity contribution in [3.63, 3.8) is 0 Å². The highest BCUT2D eigenvalue weighted by Crippen LogP contribution is 2.14. The predicted octanol–water partition coefficient (Wildman–Crippen LogP) is 3.17. The van der Waals surface area contributed by atoms with Crippen LogP contribution in [-0.2, 0) is 0 Å². The molecule has 0 spiro atoms. The van der Waals surface area contributed by atoms with Crippen molar-refractivity contribution in [2.24, 2.45) is 0 Å². The van der Waals surface area contributed by atoms with Crippen LogP contribution in [0.4, 0.5) is 5.82 Å². The lowest BCUT2D eigenvalue weighted by Gasteiger charge is -2.09. The molecule has 0 aliphatic rings. The number of amides is 1. The van der Waals surface area contributed by atoms with E-state index in [-0.39, 0.29) is 11.0 Å². The van der Waals surface area contributed by atoms with Crippen molar-refractivity contribution in [1.29, 1.82) is 0 Å². The van der Waals surface area contributed by atoms with Crippen molar-refractivity contribution in [1.82, 2.24) is 10.3 Å². The normalized spacial score (nSPS) is 9.90. The van der Waals surface area contributed by atoms with Gasteiger partial charge < -0.3 is 5.32 Å². The van der Waals surface area contributed by atoms with Gasteiger partial charge >= 0.3 is 0 Å². The summed E-state index contributed by atoms with van der Waals surface area (Å²) in [5.41, 5.74) is 1.42. The molecule has 4 nitrogen and oxygen atoms in total. The maximum absolute atomic E-state index is 12.0. The fraction of sp³-hybridized carbons (Fsp3) is 0.0714. The van der Waals surface area contributed by atoms with Gasteiger partial charge in [0, 0.05) is 6.20 Å². The predicted molar refractivity (Wildman–Crippen MR) is 84.1 cm³/mol. The molecule has 0 atom stereocenters. The number of benzene rings is 1. The molecule has 0 aliphatic carbocycles. The van der Waals surface area contributed by atoms with Crippen LogP contribution in [0.15, 0.2) is 42.6 Å². The minimum Gasteiger partial charge on any atom is -0.317 e. The molecule has 2 aromatic rings. The average molecular weight is 306 g/mol. The second-order valence-electron chi connectivity index (χ2n) is 4.11. The summed E-state index contributed by atoms with van der Waals surface area (Å²) in [6, 6.07) is 10.5. The third-order valence-electron chi connectivity index (χ3n) is 2.50. The second kappa shape index (κ2) is 6.45. The molecule has 6 heteroatoms. The van der Waals surface area contributed by atoms with Crippen molar-refractivity contribution in [3.05, 3.63) is 58.7 Å². The Morgan fingerprint density at radius 3 is 2.75 bits per heavy atom. The van der Waals surface area contributed by atoms with Crippen LogP contribution in [0.3, 0.4) is 0 Å². The van der Waals surface area contributed by atoms with Gasteiger partial charge in [0.25, 0.3) is 5.91 Å². The van der Waals surface area contributed by atoms with Gasteiger partial charge in [-0.1, -0.05) is 23.7 Å². The molecule has 2 rings (SSSR count). The summed E-state index contributed by atoms with van der Waals surface area (Å²) in [6.07, 6.45) is 1.66. The first-order valence-electron chi connectivity index (χ1n) is 5.86. The summed E-state index contributed by atoms with van der Waals surface area (Å²) in [5, 5.41) is 5.96. The summed E-state index contributed by atoms with van der Waals surface area (Å²) in [5.74, 6) is 0.218.